The lowest BCUT2D eigenvalue weighted by atomic mass is 9.94. The van der Waals surface area contributed by atoms with Gasteiger partial charge in [-0.2, -0.15) is 0 Å². The van der Waals surface area contributed by atoms with Crippen molar-refractivity contribution in [3.05, 3.63) is 92.9 Å². The summed E-state index contributed by atoms with van der Waals surface area (Å²) in [5.74, 6) is -1.08. The SMILES string of the molecule is COC(=O)C1=C(C)N=C2SC=C(CC(=O)NCc3cccc(F)c3)N2[C@@H]1c1cccc(Cl)c1. The van der Waals surface area contributed by atoms with E-state index in [1.807, 2.05) is 22.4 Å². The average Bonchev–Trinajstić information content (AvgIpc) is 3.18. The number of amidine groups is 1. The number of amides is 1. The Hall–Kier alpha value is -3.10. The number of esters is 1. The molecule has 2 aliphatic heterocycles. The van der Waals surface area contributed by atoms with Crippen LogP contribution in [0.15, 0.2) is 75.9 Å². The predicted molar refractivity (Wildman–Crippen MR) is 127 cm³/mol. The summed E-state index contributed by atoms with van der Waals surface area (Å²) in [6, 6.07) is 12.8. The van der Waals surface area contributed by atoms with E-state index < -0.39 is 12.0 Å². The lowest BCUT2D eigenvalue weighted by Crippen LogP contribution is -2.37. The Labute approximate surface area is 200 Å². The van der Waals surface area contributed by atoms with Gasteiger partial charge < -0.3 is 15.0 Å². The van der Waals surface area contributed by atoms with E-state index in [2.05, 4.69) is 10.3 Å². The molecule has 2 aromatic rings. The van der Waals surface area contributed by atoms with Crippen molar-refractivity contribution in [3.8, 4) is 0 Å². The van der Waals surface area contributed by atoms with Gasteiger partial charge in [-0.1, -0.05) is 47.6 Å². The van der Waals surface area contributed by atoms with Crippen molar-refractivity contribution < 1.29 is 18.7 Å². The van der Waals surface area contributed by atoms with Crippen LogP contribution in [0.5, 0.6) is 0 Å². The number of nitrogens with one attached hydrogen (secondary N) is 1. The van der Waals surface area contributed by atoms with E-state index in [1.54, 1.807) is 31.2 Å². The first-order valence-corrected chi connectivity index (χ1v) is 11.4. The van der Waals surface area contributed by atoms with Crippen LogP contribution in [0.4, 0.5) is 4.39 Å². The third-order valence-corrected chi connectivity index (χ3v) is 6.41. The summed E-state index contributed by atoms with van der Waals surface area (Å²) in [6.07, 6.45) is 0.0614. The van der Waals surface area contributed by atoms with Gasteiger partial charge in [-0.05, 0) is 47.7 Å². The molecule has 0 saturated carbocycles. The van der Waals surface area contributed by atoms with Crippen LogP contribution >= 0.6 is 23.4 Å². The second-order valence-corrected chi connectivity index (χ2v) is 8.80. The number of carbonyl (C=O) groups excluding carboxylic acids is 2. The number of halogens is 2. The van der Waals surface area contributed by atoms with E-state index in [4.69, 9.17) is 16.3 Å². The van der Waals surface area contributed by atoms with Crippen LogP contribution in [0, 0.1) is 5.82 Å². The van der Waals surface area contributed by atoms with Crippen LogP contribution < -0.4 is 5.32 Å². The summed E-state index contributed by atoms with van der Waals surface area (Å²) in [7, 11) is 1.33. The first-order chi connectivity index (χ1) is 15.9. The number of methoxy groups -OCH3 is 1. The van der Waals surface area contributed by atoms with Gasteiger partial charge in [-0.15, -0.1) is 0 Å². The largest absolute Gasteiger partial charge is 0.466 e. The molecule has 9 heteroatoms. The number of hydrogen-bond donors (Lipinski definition) is 1. The summed E-state index contributed by atoms with van der Waals surface area (Å²) < 4.78 is 18.4. The van der Waals surface area contributed by atoms with Gasteiger partial charge in [0.15, 0.2) is 5.17 Å². The second kappa shape index (κ2) is 9.80. The molecule has 0 saturated heterocycles. The van der Waals surface area contributed by atoms with E-state index in [0.717, 1.165) is 5.56 Å². The van der Waals surface area contributed by atoms with Crippen molar-refractivity contribution in [1.29, 1.82) is 0 Å². The number of allylic oxidation sites excluding steroid dienone is 1. The number of hydrogen-bond acceptors (Lipinski definition) is 6. The molecule has 6 nitrogen and oxygen atoms in total. The molecule has 0 radical (unpaired) electrons. The standard InChI is InChI=1S/C24H21ClFN3O3S/c1-14-21(23(31)32-2)22(16-6-4-7-17(25)10-16)29-19(13-33-24(29)28-14)11-20(30)27-12-15-5-3-8-18(26)9-15/h3-10,13,22H,11-12H2,1-2H3,(H,27,30)/t22-/m1/s1. The van der Waals surface area contributed by atoms with Crippen LogP contribution in [0.3, 0.4) is 0 Å². The molecule has 2 aliphatic rings. The highest BCUT2D eigenvalue weighted by Gasteiger charge is 2.41. The number of benzene rings is 2. The summed E-state index contributed by atoms with van der Waals surface area (Å²) in [4.78, 5) is 31.9. The van der Waals surface area contributed by atoms with E-state index in [1.165, 1.54) is 31.0 Å². The second-order valence-electron chi connectivity index (χ2n) is 7.52. The number of rotatable bonds is 6. The van der Waals surface area contributed by atoms with Gasteiger partial charge in [-0.25, -0.2) is 14.2 Å². The number of fused-ring (bicyclic) bond motifs is 1. The molecular formula is C24H21ClFN3O3S. The van der Waals surface area contributed by atoms with Crippen LogP contribution in [-0.2, 0) is 20.9 Å². The monoisotopic (exact) mass is 485 g/mol. The molecule has 2 aromatic carbocycles. The highest BCUT2D eigenvalue weighted by atomic mass is 35.5. The van der Waals surface area contributed by atoms with Crippen LogP contribution in [0.25, 0.3) is 0 Å². The Morgan fingerprint density at radius 1 is 1.24 bits per heavy atom. The maximum absolute atomic E-state index is 13.4. The number of ether oxygens (including phenoxy) is 1. The molecule has 33 heavy (non-hydrogen) atoms. The maximum Gasteiger partial charge on any atom is 0.338 e. The zero-order valence-corrected chi connectivity index (χ0v) is 19.5. The molecule has 0 bridgehead atoms. The van der Waals surface area contributed by atoms with Gasteiger partial charge in [0.2, 0.25) is 5.91 Å². The quantitative estimate of drug-likeness (QED) is 0.587. The third-order valence-electron chi connectivity index (χ3n) is 5.29. The molecule has 2 heterocycles. The van der Waals surface area contributed by atoms with Gasteiger partial charge in [-0.3, -0.25) is 4.79 Å². The molecule has 0 aromatic heterocycles. The van der Waals surface area contributed by atoms with Crippen LogP contribution in [-0.4, -0.2) is 29.1 Å². The summed E-state index contributed by atoms with van der Waals surface area (Å²) in [6.45, 7) is 1.97. The summed E-state index contributed by atoms with van der Waals surface area (Å²) in [5, 5.41) is 5.87. The number of nitrogens with zero attached hydrogens (tertiary/aromatic N) is 2. The highest BCUT2D eigenvalue weighted by Crippen LogP contribution is 2.45. The topological polar surface area (TPSA) is 71.0 Å². The number of thioether (sulfide) groups is 1. The van der Waals surface area contributed by atoms with Gasteiger partial charge in [0.1, 0.15) is 5.82 Å². The minimum Gasteiger partial charge on any atom is -0.466 e. The molecule has 1 N–H and O–H groups in total. The van der Waals surface area contributed by atoms with Crippen molar-refractivity contribution >= 4 is 40.4 Å². The molecule has 1 amide bonds. The lowest BCUT2D eigenvalue weighted by molar-refractivity contribution is -0.136. The molecule has 170 valence electrons. The van der Waals surface area contributed by atoms with E-state index in [0.29, 0.717) is 32.7 Å². The molecule has 0 aliphatic carbocycles. The molecule has 1 atom stereocenters. The molecule has 4 rings (SSSR count). The van der Waals surface area contributed by atoms with Crippen molar-refractivity contribution in [3.63, 3.8) is 0 Å². The van der Waals surface area contributed by atoms with E-state index >= 15 is 0 Å². The maximum atomic E-state index is 13.4. The Morgan fingerprint density at radius 2 is 2.03 bits per heavy atom. The summed E-state index contributed by atoms with van der Waals surface area (Å²) in [5.41, 5.74) is 3.08. The Balaban J connectivity index is 1.59. The molecule has 0 fully saturated rings. The van der Waals surface area contributed by atoms with Gasteiger partial charge in [0.25, 0.3) is 0 Å². The Morgan fingerprint density at radius 3 is 2.76 bits per heavy atom. The first-order valence-electron chi connectivity index (χ1n) is 10.2. The van der Waals surface area contributed by atoms with Crippen LogP contribution in [0.2, 0.25) is 5.02 Å². The third kappa shape index (κ3) is 4.96. The highest BCUT2D eigenvalue weighted by molar-refractivity contribution is 8.16. The van der Waals surface area contributed by atoms with Crippen LogP contribution in [0.1, 0.15) is 30.5 Å². The Kier molecular flexibility index (Phi) is 6.85. The first kappa shape index (κ1) is 23.1. The zero-order chi connectivity index (χ0) is 23.5. The molecule has 0 unspecified atom stereocenters. The van der Waals surface area contributed by atoms with Gasteiger partial charge >= 0.3 is 5.97 Å². The molecule has 0 spiro atoms. The normalized spacial score (nSPS) is 17.3. The number of carbonyl (C=O) groups is 2. The minimum absolute atomic E-state index is 0.0614. The predicted octanol–water partition coefficient (Wildman–Crippen LogP) is 4.93. The number of aliphatic imine (C=N–C) groups is 1. The smallest absolute Gasteiger partial charge is 0.338 e. The fourth-order valence-corrected chi connectivity index (χ4v) is 4.97. The van der Waals surface area contributed by atoms with Crippen molar-refractivity contribution in [2.45, 2.75) is 25.9 Å². The van der Waals surface area contributed by atoms with Gasteiger partial charge in [0.05, 0.1) is 30.8 Å². The van der Waals surface area contributed by atoms with E-state index in [9.17, 15) is 14.0 Å². The fourth-order valence-electron chi connectivity index (χ4n) is 3.81. The Bertz CT molecular complexity index is 1210. The minimum atomic E-state index is -0.541. The van der Waals surface area contributed by atoms with E-state index in [-0.39, 0.29) is 24.7 Å². The fraction of sp³-hybridized carbons (Fsp3) is 0.208. The lowest BCUT2D eigenvalue weighted by Gasteiger charge is -2.36. The summed E-state index contributed by atoms with van der Waals surface area (Å²) >= 11 is 7.63. The van der Waals surface area contributed by atoms with Gasteiger partial charge in [0, 0.05) is 17.3 Å². The van der Waals surface area contributed by atoms with Crippen molar-refractivity contribution in [2.24, 2.45) is 4.99 Å². The average molecular weight is 486 g/mol. The van der Waals surface area contributed by atoms with Crippen molar-refractivity contribution in [1.82, 2.24) is 10.2 Å². The van der Waals surface area contributed by atoms with Crippen molar-refractivity contribution in [2.75, 3.05) is 7.11 Å². The zero-order valence-electron chi connectivity index (χ0n) is 18.0. The molecular weight excluding hydrogens is 465 g/mol.